The van der Waals surface area contributed by atoms with Crippen molar-refractivity contribution >= 4 is 28.8 Å². The van der Waals surface area contributed by atoms with E-state index in [0.717, 1.165) is 17.9 Å². The second-order valence-corrected chi connectivity index (χ2v) is 4.57. The zero-order valence-electron chi connectivity index (χ0n) is 8.16. The lowest BCUT2D eigenvalue weighted by Crippen LogP contribution is -2.13. The van der Waals surface area contributed by atoms with E-state index >= 15 is 0 Å². The van der Waals surface area contributed by atoms with Crippen LogP contribution in [0.1, 0.15) is 18.9 Å². The van der Waals surface area contributed by atoms with Gasteiger partial charge >= 0.3 is 0 Å². The van der Waals surface area contributed by atoms with Crippen LogP contribution >= 0.6 is 23.8 Å². The number of rotatable bonds is 4. The van der Waals surface area contributed by atoms with Crippen molar-refractivity contribution in [2.24, 2.45) is 11.7 Å². The Bertz CT molecular complexity index is 325. The highest BCUT2D eigenvalue weighted by molar-refractivity contribution is 7.80. The number of thiocarbonyl (C=S) groups is 1. The minimum atomic E-state index is 0.478. The monoisotopic (exact) mass is 227 g/mol. The summed E-state index contributed by atoms with van der Waals surface area (Å²) in [6.07, 6.45) is 1.76. The van der Waals surface area contributed by atoms with E-state index in [0.29, 0.717) is 10.9 Å². The topological polar surface area (TPSA) is 26.0 Å². The highest BCUT2D eigenvalue weighted by Crippen LogP contribution is 2.16. The number of benzene rings is 1. The van der Waals surface area contributed by atoms with Gasteiger partial charge in [-0.15, -0.1) is 0 Å². The summed E-state index contributed by atoms with van der Waals surface area (Å²) >= 11 is 10.7. The number of hydrogen-bond acceptors (Lipinski definition) is 1. The zero-order valence-corrected chi connectivity index (χ0v) is 9.74. The highest BCUT2D eigenvalue weighted by Gasteiger charge is 2.05. The Kier molecular flexibility index (Phi) is 4.36. The van der Waals surface area contributed by atoms with Crippen LogP contribution in [0, 0.1) is 5.92 Å². The van der Waals surface area contributed by atoms with E-state index in [2.05, 4.69) is 13.0 Å². The number of hydrogen-bond donors (Lipinski definition) is 1. The average Bonchev–Trinajstić information content (AvgIpc) is 2.01. The van der Waals surface area contributed by atoms with Crippen LogP contribution in [0.5, 0.6) is 0 Å². The van der Waals surface area contributed by atoms with Gasteiger partial charge in [0.1, 0.15) is 0 Å². The molecule has 0 heterocycles. The third kappa shape index (κ3) is 4.07. The van der Waals surface area contributed by atoms with Gasteiger partial charge in [0.25, 0.3) is 0 Å². The molecule has 0 aromatic heterocycles. The summed E-state index contributed by atoms with van der Waals surface area (Å²) < 4.78 is 0. The molecule has 0 aliphatic rings. The van der Waals surface area contributed by atoms with E-state index in [4.69, 9.17) is 29.6 Å². The van der Waals surface area contributed by atoms with Crippen LogP contribution in [0.2, 0.25) is 5.02 Å². The third-order valence-corrected chi connectivity index (χ3v) is 2.42. The molecule has 0 fully saturated rings. The Morgan fingerprint density at radius 3 is 2.86 bits per heavy atom. The van der Waals surface area contributed by atoms with Gasteiger partial charge in [0.05, 0.1) is 4.99 Å². The molecule has 1 atom stereocenters. The van der Waals surface area contributed by atoms with E-state index < -0.39 is 0 Å². The summed E-state index contributed by atoms with van der Waals surface area (Å²) in [5.74, 6) is 0.478. The molecule has 0 amide bonds. The van der Waals surface area contributed by atoms with Gasteiger partial charge in [0.15, 0.2) is 0 Å². The highest BCUT2D eigenvalue weighted by atomic mass is 35.5. The molecule has 1 unspecified atom stereocenters. The maximum absolute atomic E-state index is 5.88. The van der Waals surface area contributed by atoms with Crippen molar-refractivity contribution in [3.63, 3.8) is 0 Å². The Morgan fingerprint density at radius 1 is 1.57 bits per heavy atom. The van der Waals surface area contributed by atoms with Crippen LogP contribution in [0.3, 0.4) is 0 Å². The molecule has 3 heteroatoms. The molecular formula is C11H14ClNS. The molecule has 14 heavy (non-hydrogen) atoms. The summed E-state index contributed by atoms with van der Waals surface area (Å²) in [7, 11) is 0. The number of nitrogens with two attached hydrogens (primary N) is 1. The maximum Gasteiger partial charge on any atom is 0.0730 e. The van der Waals surface area contributed by atoms with Crippen molar-refractivity contribution in [2.45, 2.75) is 19.8 Å². The first-order chi connectivity index (χ1) is 6.58. The van der Waals surface area contributed by atoms with Gasteiger partial charge in [-0.3, -0.25) is 0 Å². The van der Waals surface area contributed by atoms with Gasteiger partial charge in [-0.2, -0.15) is 0 Å². The van der Waals surface area contributed by atoms with Gasteiger partial charge in [-0.05, 0) is 30.0 Å². The Morgan fingerprint density at radius 2 is 2.29 bits per heavy atom. The van der Waals surface area contributed by atoms with Gasteiger partial charge in [0.2, 0.25) is 0 Å². The molecule has 0 aliphatic carbocycles. The Hall–Kier alpha value is -0.600. The van der Waals surface area contributed by atoms with Crippen LogP contribution < -0.4 is 5.73 Å². The molecule has 0 spiro atoms. The second-order valence-electron chi connectivity index (χ2n) is 3.61. The van der Waals surface area contributed by atoms with Gasteiger partial charge < -0.3 is 5.73 Å². The Balaban J connectivity index is 2.55. The quantitative estimate of drug-likeness (QED) is 0.800. The minimum absolute atomic E-state index is 0.478. The van der Waals surface area contributed by atoms with Gasteiger partial charge in [-0.25, -0.2) is 0 Å². The van der Waals surface area contributed by atoms with E-state index in [9.17, 15) is 0 Å². The fraction of sp³-hybridized carbons (Fsp3) is 0.364. The summed E-state index contributed by atoms with van der Waals surface area (Å²) in [5.41, 5.74) is 6.72. The van der Waals surface area contributed by atoms with Crippen molar-refractivity contribution in [1.29, 1.82) is 0 Å². The molecule has 2 N–H and O–H groups in total. The van der Waals surface area contributed by atoms with E-state index in [1.807, 2.05) is 18.2 Å². The molecule has 76 valence electrons. The van der Waals surface area contributed by atoms with Crippen molar-refractivity contribution in [1.82, 2.24) is 0 Å². The van der Waals surface area contributed by atoms with E-state index in [1.165, 1.54) is 5.56 Å². The smallest absolute Gasteiger partial charge is 0.0730 e. The Labute approximate surface area is 95.3 Å². The summed E-state index contributed by atoms with van der Waals surface area (Å²) in [6.45, 7) is 2.14. The summed E-state index contributed by atoms with van der Waals surface area (Å²) in [4.78, 5) is 0.583. The summed E-state index contributed by atoms with van der Waals surface area (Å²) in [5, 5.41) is 0.782. The van der Waals surface area contributed by atoms with Crippen LogP contribution in [0.25, 0.3) is 0 Å². The van der Waals surface area contributed by atoms with Crippen molar-refractivity contribution < 1.29 is 0 Å². The fourth-order valence-electron chi connectivity index (χ4n) is 1.48. The van der Waals surface area contributed by atoms with Gasteiger partial charge in [-0.1, -0.05) is 42.9 Å². The maximum atomic E-state index is 5.88. The molecule has 0 saturated carbocycles. The first kappa shape index (κ1) is 11.5. The molecule has 0 aliphatic heterocycles. The minimum Gasteiger partial charge on any atom is -0.393 e. The molecule has 1 aromatic carbocycles. The van der Waals surface area contributed by atoms with Crippen LogP contribution in [-0.2, 0) is 6.42 Å². The lowest BCUT2D eigenvalue weighted by atomic mass is 9.98. The molecule has 0 saturated heterocycles. The molecule has 1 rings (SSSR count). The van der Waals surface area contributed by atoms with Crippen LogP contribution in [0.4, 0.5) is 0 Å². The lowest BCUT2D eigenvalue weighted by molar-refractivity contribution is 0.607. The average molecular weight is 228 g/mol. The van der Waals surface area contributed by atoms with Crippen LogP contribution in [0.15, 0.2) is 24.3 Å². The predicted octanol–water partition coefficient (Wildman–Crippen LogP) is 3.19. The largest absolute Gasteiger partial charge is 0.393 e. The number of halogens is 1. The zero-order chi connectivity index (χ0) is 10.6. The van der Waals surface area contributed by atoms with Crippen molar-refractivity contribution in [2.75, 3.05) is 0 Å². The molecule has 0 bridgehead atoms. The van der Waals surface area contributed by atoms with Crippen LogP contribution in [-0.4, -0.2) is 4.99 Å². The SMILES string of the molecule is CC(CC(N)=S)Cc1cccc(Cl)c1. The molecular weight excluding hydrogens is 214 g/mol. The summed E-state index contributed by atoms with van der Waals surface area (Å²) in [6, 6.07) is 7.90. The predicted molar refractivity (Wildman–Crippen MR) is 65.7 cm³/mol. The van der Waals surface area contributed by atoms with Crippen molar-refractivity contribution in [3.8, 4) is 0 Å². The molecule has 1 aromatic rings. The fourth-order valence-corrected chi connectivity index (χ4v) is 1.98. The van der Waals surface area contributed by atoms with E-state index in [1.54, 1.807) is 0 Å². The molecule has 1 nitrogen and oxygen atoms in total. The third-order valence-electron chi connectivity index (χ3n) is 2.02. The normalized spacial score (nSPS) is 12.4. The first-order valence-electron chi connectivity index (χ1n) is 4.60. The standard InChI is InChI=1S/C11H14ClNS/c1-8(6-11(13)14)5-9-3-2-4-10(12)7-9/h2-4,7-8H,5-6H2,1H3,(H2,13,14). The lowest BCUT2D eigenvalue weighted by Gasteiger charge is -2.10. The van der Waals surface area contributed by atoms with E-state index in [-0.39, 0.29) is 0 Å². The second kappa shape index (κ2) is 5.32. The first-order valence-corrected chi connectivity index (χ1v) is 5.39. The van der Waals surface area contributed by atoms with Gasteiger partial charge in [0, 0.05) is 11.4 Å². The molecule has 0 radical (unpaired) electrons. The van der Waals surface area contributed by atoms with Crippen molar-refractivity contribution in [3.05, 3.63) is 34.9 Å².